The standard InChI is InChI=1S/C46H64N2O3/c1-4-7-10-12-14-16-18-20-24-38-33-42-43(34-39(45(38)49)25-21-19-17-15-13-11-8-5-2)48(44(47-42)28-9-6-3)35-36-29-31-37(32-30-36)40-26-22-23-27-41(40)46(50)51/h22-23,26-27,29-34H,4-21,24-25,28,35H2,1-3H3,(H,50,51). The van der Waals surface area contributed by atoms with Crippen LogP contribution < -0.4 is 5.43 Å². The second-order valence-electron chi connectivity index (χ2n) is 14.7. The summed E-state index contributed by atoms with van der Waals surface area (Å²) in [5.41, 5.74) is 7.12. The van der Waals surface area contributed by atoms with Crippen LogP contribution in [0.2, 0.25) is 0 Å². The van der Waals surface area contributed by atoms with E-state index in [2.05, 4.69) is 49.6 Å². The molecule has 0 atom stereocenters. The number of rotatable bonds is 25. The van der Waals surface area contributed by atoms with Crippen LogP contribution in [-0.4, -0.2) is 20.6 Å². The van der Waals surface area contributed by atoms with Gasteiger partial charge in [0.15, 0.2) is 5.43 Å². The molecule has 0 saturated carbocycles. The number of hydrogen-bond acceptors (Lipinski definition) is 3. The molecule has 1 aromatic heterocycles. The van der Waals surface area contributed by atoms with E-state index < -0.39 is 5.97 Å². The van der Waals surface area contributed by atoms with Gasteiger partial charge in [-0.2, -0.15) is 0 Å². The number of hydrogen-bond donors (Lipinski definition) is 1. The molecule has 0 aliphatic heterocycles. The van der Waals surface area contributed by atoms with Gasteiger partial charge in [-0.25, -0.2) is 9.78 Å². The molecule has 5 heteroatoms. The molecule has 1 N–H and O–H groups in total. The summed E-state index contributed by atoms with van der Waals surface area (Å²) >= 11 is 0. The average Bonchev–Trinajstić information content (AvgIpc) is 3.39. The molecule has 0 unspecified atom stereocenters. The Labute approximate surface area is 307 Å². The number of aromatic carboxylic acids is 1. The van der Waals surface area contributed by atoms with Crippen LogP contribution in [0.1, 0.15) is 169 Å². The first-order valence-electron chi connectivity index (χ1n) is 20.4. The Hall–Kier alpha value is -3.73. The Morgan fingerprint density at radius 3 is 1.73 bits per heavy atom. The maximum absolute atomic E-state index is 14.1. The van der Waals surface area contributed by atoms with Gasteiger partial charge in [0.25, 0.3) is 0 Å². The number of unbranched alkanes of at least 4 members (excludes halogenated alkanes) is 15. The van der Waals surface area contributed by atoms with E-state index in [1.807, 2.05) is 24.3 Å². The molecule has 0 saturated heterocycles. The highest BCUT2D eigenvalue weighted by Crippen LogP contribution is 2.26. The Kier molecular flexibility index (Phi) is 17.5. The number of aryl methyl sites for hydroxylation is 3. The number of benzene rings is 2. The number of imidazole rings is 1. The molecular weight excluding hydrogens is 629 g/mol. The molecule has 5 nitrogen and oxygen atoms in total. The molecule has 0 aliphatic rings. The Morgan fingerprint density at radius 2 is 1.16 bits per heavy atom. The average molecular weight is 693 g/mol. The van der Waals surface area contributed by atoms with Crippen LogP contribution in [0, 0.1) is 0 Å². The summed E-state index contributed by atoms with van der Waals surface area (Å²) in [5, 5.41) is 9.73. The molecule has 0 aliphatic carbocycles. The molecule has 0 amide bonds. The van der Waals surface area contributed by atoms with Gasteiger partial charge in [-0.3, -0.25) is 4.79 Å². The van der Waals surface area contributed by atoms with Crippen LogP contribution in [0.15, 0.2) is 65.5 Å². The third kappa shape index (κ3) is 12.5. The van der Waals surface area contributed by atoms with E-state index in [4.69, 9.17) is 4.98 Å². The number of carboxylic acids is 1. The van der Waals surface area contributed by atoms with Crippen molar-refractivity contribution < 1.29 is 9.90 Å². The van der Waals surface area contributed by atoms with Gasteiger partial charge < -0.3 is 9.67 Å². The predicted octanol–water partition coefficient (Wildman–Crippen LogP) is 12.5. The maximum atomic E-state index is 14.1. The fourth-order valence-corrected chi connectivity index (χ4v) is 7.33. The summed E-state index contributed by atoms with van der Waals surface area (Å²) in [6.45, 7) is 7.39. The van der Waals surface area contributed by atoms with Crippen molar-refractivity contribution in [1.82, 2.24) is 9.55 Å². The molecule has 0 spiro atoms. The van der Waals surface area contributed by atoms with Crippen molar-refractivity contribution in [2.24, 2.45) is 0 Å². The third-order valence-electron chi connectivity index (χ3n) is 10.4. The lowest BCUT2D eigenvalue weighted by atomic mass is 9.99. The Balaban J connectivity index is 1.62. The monoisotopic (exact) mass is 692 g/mol. The molecule has 3 aromatic carbocycles. The zero-order valence-electron chi connectivity index (χ0n) is 32.0. The summed E-state index contributed by atoms with van der Waals surface area (Å²) in [4.78, 5) is 31.2. The highest BCUT2D eigenvalue weighted by atomic mass is 16.4. The van der Waals surface area contributed by atoms with Gasteiger partial charge in [0.05, 0.1) is 16.6 Å². The Morgan fingerprint density at radius 1 is 0.627 bits per heavy atom. The molecular formula is C46H64N2O3. The summed E-state index contributed by atoms with van der Waals surface area (Å²) in [6, 6.07) is 19.7. The van der Waals surface area contributed by atoms with E-state index >= 15 is 0 Å². The van der Waals surface area contributed by atoms with Crippen molar-refractivity contribution in [3.63, 3.8) is 0 Å². The smallest absolute Gasteiger partial charge is 0.336 e. The van der Waals surface area contributed by atoms with Crippen molar-refractivity contribution in [3.05, 3.63) is 99.0 Å². The van der Waals surface area contributed by atoms with E-state index in [0.29, 0.717) is 12.1 Å². The van der Waals surface area contributed by atoms with Gasteiger partial charge in [-0.05, 0) is 67.0 Å². The second-order valence-corrected chi connectivity index (χ2v) is 14.7. The van der Waals surface area contributed by atoms with Crippen molar-refractivity contribution in [2.75, 3.05) is 0 Å². The minimum atomic E-state index is -0.921. The highest BCUT2D eigenvalue weighted by Gasteiger charge is 2.16. The molecule has 51 heavy (non-hydrogen) atoms. The molecule has 4 rings (SSSR count). The normalized spacial score (nSPS) is 11.4. The van der Waals surface area contributed by atoms with Gasteiger partial charge in [0.2, 0.25) is 0 Å². The fourth-order valence-electron chi connectivity index (χ4n) is 7.33. The van der Waals surface area contributed by atoms with Crippen LogP contribution >= 0.6 is 0 Å². The lowest BCUT2D eigenvalue weighted by molar-refractivity contribution is 0.0697. The minimum absolute atomic E-state index is 0.224. The molecule has 1 heterocycles. The molecule has 0 bridgehead atoms. The lowest BCUT2D eigenvalue weighted by Gasteiger charge is -2.11. The SMILES string of the molecule is CCCCCCCCCCc1cc2nc(CCCC)n(Cc3ccc(-c4ccccc4C(=O)O)cc3)c2cc(CCCCCCCCCC)c1=O. The molecule has 4 aromatic rings. The maximum Gasteiger partial charge on any atom is 0.336 e. The molecule has 0 radical (unpaired) electrons. The van der Waals surface area contributed by atoms with E-state index in [-0.39, 0.29) is 5.43 Å². The zero-order chi connectivity index (χ0) is 36.3. The van der Waals surface area contributed by atoms with E-state index in [1.165, 1.54) is 89.9 Å². The fraction of sp³-hybridized carbons (Fsp3) is 0.543. The molecule has 0 fully saturated rings. The first-order valence-corrected chi connectivity index (χ1v) is 20.4. The molecule has 276 valence electrons. The van der Waals surface area contributed by atoms with Gasteiger partial charge >= 0.3 is 5.97 Å². The van der Waals surface area contributed by atoms with Crippen LogP contribution in [0.25, 0.3) is 22.2 Å². The van der Waals surface area contributed by atoms with Gasteiger partial charge in [-0.15, -0.1) is 0 Å². The van der Waals surface area contributed by atoms with Crippen molar-refractivity contribution in [3.8, 4) is 11.1 Å². The summed E-state index contributed by atoms with van der Waals surface area (Å²) in [5.74, 6) is 0.150. The largest absolute Gasteiger partial charge is 0.478 e. The quantitative estimate of drug-likeness (QED) is 0.0702. The van der Waals surface area contributed by atoms with Crippen LogP contribution in [0.5, 0.6) is 0 Å². The topological polar surface area (TPSA) is 72.2 Å². The number of aromatic nitrogens is 2. The number of fused-ring (bicyclic) bond motifs is 1. The first-order chi connectivity index (χ1) is 25.0. The summed E-state index contributed by atoms with van der Waals surface area (Å²) in [6.07, 6.45) is 24.7. The Bertz CT molecular complexity index is 1690. The van der Waals surface area contributed by atoms with Crippen LogP contribution in [0.3, 0.4) is 0 Å². The number of carboxylic acid groups (broad SMARTS) is 1. The van der Waals surface area contributed by atoms with Crippen molar-refractivity contribution in [1.29, 1.82) is 0 Å². The predicted molar refractivity (Wildman–Crippen MR) is 215 cm³/mol. The lowest BCUT2D eigenvalue weighted by Crippen LogP contribution is -2.12. The second kappa shape index (κ2) is 22.3. The first kappa shape index (κ1) is 40.0. The van der Waals surface area contributed by atoms with Gasteiger partial charge in [-0.1, -0.05) is 160 Å². The van der Waals surface area contributed by atoms with Crippen LogP contribution in [-0.2, 0) is 25.8 Å². The van der Waals surface area contributed by atoms with Crippen molar-refractivity contribution >= 4 is 17.0 Å². The number of carbonyl (C=O) groups is 1. The van der Waals surface area contributed by atoms with Crippen molar-refractivity contribution in [2.45, 2.75) is 162 Å². The highest BCUT2D eigenvalue weighted by molar-refractivity contribution is 5.96. The third-order valence-corrected chi connectivity index (χ3v) is 10.4. The van der Waals surface area contributed by atoms with Crippen LogP contribution in [0.4, 0.5) is 0 Å². The minimum Gasteiger partial charge on any atom is -0.478 e. The number of nitrogens with zero attached hydrogens (tertiary/aromatic N) is 2. The van der Waals surface area contributed by atoms with E-state index in [9.17, 15) is 14.7 Å². The van der Waals surface area contributed by atoms with E-state index in [1.54, 1.807) is 12.1 Å². The zero-order valence-corrected chi connectivity index (χ0v) is 32.0. The van der Waals surface area contributed by atoms with Gasteiger partial charge in [0, 0.05) is 24.1 Å². The van der Waals surface area contributed by atoms with Gasteiger partial charge in [0.1, 0.15) is 5.82 Å². The summed E-state index contributed by atoms with van der Waals surface area (Å²) in [7, 11) is 0. The summed E-state index contributed by atoms with van der Waals surface area (Å²) < 4.78 is 2.34. The van der Waals surface area contributed by atoms with E-state index in [0.717, 1.165) is 89.6 Å².